The van der Waals surface area contributed by atoms with Crippen LogP contribution in [-0.4, -0.2) is 33.3 Å². The van der Waals surface area contributed by atoms with Crippen molar-refractivity contribution in [2.75, 3.05) is 11.9 Å². The first-order chi connectivity index (χ1) is 14.8. The summed E-state index contributed by atoms with van der Waals surface area (Å²) in [7, 11) is 0. The predicted molar refractivity (Wildman–Crippen MR) is 124 cm³/mol. The number of carbonyl (C=O) groups is 1. The summed E-state index contributed by atoms with van der Waals surface area (Å²) in [6, 6.07) is 4.17. The standard InChI is InChI=1S/C23H30BrN5O2/c1-14-17-10-16(23(17,2)3)11-18(14)28-19-12-27-29(22(31)21(19)24)13-20(30)26-9-6-15-4-7-25-8-5-15/h4-5,7-8,12,14,16-18,28H,6,9-11,13H2,1-3H3,(H,26,30)/t14-,16+,17-,18-/m1/s1. The van der Waals surface area contributed by atoms with Gasteiger partial charge in [0.15, 0.2) is 0 Å². The summed E-state index contributed by atoms with van der Waals surface area (Å²) in [5, 5.41) is 10.6. The molecule has 166 valence electrons. The van der Waals surface area contributed by atoms with Gasteiger partial charge in [0.05, 0.1) is 11.9 Å². The van der Waals surface area contributed by atoms with Crippen LogP contribution in [0.15, 0.2) is 40.0 Å². The van der Waals surface area contributed by atoms with Crippen molar-refractivity contribution in [1.29, 1.82) is 0 Å². The molecule has 2 aromatic heterocycles. The molecular weight excluding hydrogens is 458 g/mol. The Labute approximate surface area is 191 Å². The van der Waals surface area contributed by atoms with Crippen molar-refractivity contribution in [3.8, 4) is 0 Å². The number of carbonyl (C=O) groups excluding carboxylic acids is 1. The van der Waals surface area contributed by atoms with Gasteiger partial charge < -0.3 is 10.6 Å². The number of pyridine rings is 1. The molecule has 0 aromatic carbocycles. The van der Waals surface area contributed by atoms with E-state index < -0.39 is 0 Å². The minimum Gasteiger partial charge on any atom is -0.380 e. The number of nitrogens with one attached hydrogen (secondary N) is 2. The Morgan fingerprint density at radius 1 is 1.29 bits per heavy atom. The third kappa shape index (κ3) is 4.40. The number of aromatic nitrogens is 3. The lowest BCUT2D eigenvalue weighted by Crippen LogP contribution is -2.58. The van der Waals surface area contributed by atoms with Crippen molar-refractivity contribution in [1.82, 2.24) is 20.1 Å². The number of hydrogen-bond acceptors (Lipinski definition) is 5. The monoisotopic (exact) mass is 487 g/mol. The van der Waals surface area contributed by atoms with Gasteiger partial charge in [0.2, 0.25) is 5.91 Å². The number of hydrogen-bond donors (Lipinski definition) is 2. The molecule has 0 saturated heterocycles. The number of amides is 1. The van der Waals surface area contributed by atoms with E-state index in [2.05, 4.69) is 57.4 Å². The lowest BCUT2D eigenvalue weighted by atomic mass is 9.45. The number of rotatable bonds is 7. The molecular formula is C23H30BrN5O2. The van der Waals surface area contributed by atoms with Gasteiger partial charge in [0.1, 0.15) is 11.0 Å². The summed E-state index contributed by atoms with van der Waals surface area (Å²) < 4.78 is 1.62. The average Bonchev–Trinajstić information content (AvgIpc) is 2.75. The van der Waals surface area contributed by atoms with Crippen LogP contribution in [0.5, 0.6) is 0 Å². The van der Waals surface area contributed by atoms with Gasteiger partial charge in [-0.05, 0) is 76.1 Å². The minimum atomic E-state index is -0.303. The van der Waals surface area contributed by atoms with Gasteiger partial charge in [0.25, 0.3) is 5.56 Å². The zero-order chi connectivity index (χ0) is 22.2. The quantitative estimate of drug-likeness (QED) is 0.625. The van der Waals surface area contributed by atoms with Gasteiger partial charge >= 0.3 is 0 Å². The maximum Gasteiger partial charge on any atom is 0.283 e. The Hall–Kier alpha value is -2.22. The van der Waals surface area contributed by atoms with E-state index in [0.717, 1.165) is 17.9 Å². The highest BCUT2D eigenvalue weighted by atomic mass is 79.9. The SMILES string of the molecule is C[C@@H]1[C@H]2C[C@@H](C[C@H]1Nc1cnn(CC(=O)NCCc3ccncc3)c(=O)c1Br)C2(C)C. The zero-order valence-corrected chi connectivity index (χ0v) is 19.9. The summed E-state index contributed by atoms with van der Waals surface area (Å²) in [5.41, 5.74) is 1.92. The fourth-order valence-electron chi connectivity index (χ4n) is 5.31. The van der Waals surface area contributed by atoms with E-state index in [-0.39, 0.29) is 18.0 Å². The Kier molecular flexibility index (Phi) is 6.19. The molecule has 2 heterocycles. The lowest BCUT2D eigenvalue weighted by molar-refractivity contribution is -0.121. The first kappa shape index (κ1) is 22.0. The second-order valence-electron chi connectivity index (χ2n) is 9.50. The summed E-state index contributed by atoms with van der Waals surface area (Å²) in [4.78, 5) is 29.0. The molecule has 0 unspecified atom stereocenters. The Morgan fingerprint density at radius 3 is 2.71 bits per heavy atom. The molecule has 4 atom stereocenters. The van der Waals surface area contributed by atoms with Crippen LogP contribution in [-0.2, 0) is 17.8 Å². The largest absolute Gasteiger partial charge is 0.380 e. The van der Waals surface area contributed by atoms with Gasteiger partial charge in [-0.3, -0.25) is 14.6 Å². The highest BCUT2D eigenvalue weighted by molar-refractivity contribution is 9.10. The predicted octanol–water partition coefficient (Wildman–Crippen LogP) is 3.24. The molecule has 0 radical (unpaired) electrons. The summed E-state index contributed by atoms with van der Waals surface area (Å²) >= 11 is 3.43. The Morgan fingerprint density at radius 2 is 2.03 bits per heavy atom. The molecule has 2 bridgehead atoms. The molecule has 0 aliphatic heterocycles. The molecule has 8 heteroatoms. The minimum absolute atomic E-state index is 0.105. The number of anilines is 1. The highest BCUT2D eigenvalue weighted by Gasteiger charge is 2.56. The van der Waals surface area contributed by atoms with Crippen LogP contribution < -0.4 is 16.2 Å². The van der Waals surface area contributed by atoms with Crippen molar-refractivity contribution in [3.05, 3.63) is 51.1 Å². The van der Waals surface area contributed by atoms with Crippen LogP contribution in [0.2, 0.25) is 0 Å². The number of halogens is 1. The molecule has 3 aliphatic rings. The van der Waals surface area contributed by atoms with Crippen LogP contribution in [0.3, 0.4) is 0 Å². The molecule has 2 aromatic rings. The summed E-state index contributed by atoms with van der Waals surface area (Å²) in [6.45, 7) is 7.44. The Balaban J connectivity index is 1.34. The zero-order valence-electron chi connectivity index (χ0n) is 18.3. The van der Waals surface area contributed by atoms with E-state index in [9.17, 15) is 9.59 Å². The molecule has 7 nitrogen and oxygen atoms in total. The summed E-state index contributed by atoms with van der Waals surface area (Å²) in [6.07, 6.45) is 8.23. The number of nitrogens with zero attached hydrogens (tertiary/aromatic N) is 3. The lowest BCUT2D eigenvalue weighted by Gasteiger charge is -2.62. The van der Waals surface area contributed by atoms with Gasteiger partial charge in [-0.15, -0.1) is 0 Å². The third-order valence-electron chi connectivity index (χ3n) is 7.46. The molecule has 3 saturated carbocycles. The highest BCUT2D eigenvalue weighted by Crippen LogP contribution is 2.61. The van der Waals surface area contributed by atoms with E-state index in [1.165, 1.54) is 11.1 Å². The molecule has 3 aliphatic carbocycles. The van der Waals surface area contributed by atoms with Crippen molar-refractivity contribution in [2.24, 2.45) is 23.2 Å². The molecule has 31 heavy (non-hydrogen) atoms. The first-order valence-electron chi connectivity index (χ1n) is 10.9. The number of fused-ring (bicyclic) bond motifs is 2. The second kappa shape index (κ2) is 8.73. The topological polar surface area (TPSA) is 88.9 Å². The molecule has 3 fully saturated rings. The average molecular weight is 488 g/mol. The van der Waals surface area contributed by atoms with Crippen LogP contribution in [0.25, 0.3) is 0 Å². The van der Waals surface area contributed by atoms with Crippen molar-refractivity contribution in [3.63, 3.8) is 0 Å². The molecule has 1 amide bonds. The van der Waals surface area contributed by atoms with Crippen molar-refractivity contribution < 1.29 is 4.79 Å². The third-order valence-corrected chi connectivity index (χ3v) is 8.22. The van der Waals surface area contributed by atoms with E-state index in [1.54, 1.807) is 18.6 Å². The smallest absolute Gasteiger partial charge is 0.283 e. The van der Waals surface area contributed by atoms with E-state index in [0.29, 0.717) is 46.4 Å². The molecule has 0 spiro atoms. The van der Waals surface area contributed by atoms with Gasteiger partial charge in [-0.25, -0.2) is 4.68 Å². The fraction of sp³-hybridized carbons (Fsp3) is 0.565. The van der Waals surface area contributed by atoms with Crippen LogP contribution in [0.1, 0.15) is 39.2 Å². The van der Waals surface area contributed by atoms with E-state index >= 15 is 0 Å². The fourth-order valence-corrected chi connectivity index (χ4v) is 5.73. The maximum atomic E-state index is 12.7. The molecule has 2 N–H and O–H groups in total. The van der Waals surface area contributed by atoms with Gasteiger partial charge in [-0.2, -0.15) is 5.10 Å². The van der Waals surface area contributed by atoms with Crippen molar-refractivity contribution >= 4 is 27.5 Å². The van der Waals surface area contributed by atoms with E-state index in [1.807, 2.05) is 12.1 Å². The molecule has 5 rings (SSSR count). The van der Waals surface area contributed by atoms with Crippen LogP contribution >= 0.6 is 15.9 Å². The maximum absolute atomic E-state index is 12.7. The van der Waals surface area contributed by atoms with Crippen LogP contribution in [0.4, 0.5) is 5.69 Å². The first-order valence-corrected chi connectivity index (χ1v) is 11.7. The second-order valence-corrected chi connectivity index (χ2v) is 10.3. The normalized spacial score (nSPS) is 26.1. The summed E-state index contributed by atoms with van der Waals surface area (Å²) in [5.74, 6) is 1.75. The van der Waals surface area contributed by atoms with Crippen molar-refractivity contribution in [2.45, 2.75) is 52.6 Å². The van der Waals surface area contributed by atoms with Crippen LogP contribution in [0, 0.1) is 23.2 Å². The van der Waals surface area contributed by atoms with Gasteiger partial charge in [0, 0.05) is 25.0 Å². The Bertz CT molecular complexity index is 1010. The van der Waals surface area contributed by atoms with Gasteiger partial charge in [-0.1, -0.05) is 20.8 Å². The van der Waals surface area contributed by atoms with E-state index in [4.69, 9.17) is 0 Å².